The average molecular weight is 356 g/mol. The number of fused-ring (bicyclic) bond motifs is 1. The molecule has 1 saturated heterocycles. The first-order valence-corrected chi connectivity index (χ1v) is 8.87. The first-order chi connectivity index (χ1) is 12.5. The molecule has 26 heavy (non-hydrogen) atoms. The topological polar surface area (TPSA) is 67.8 Å². The first kappa shape index (κ1) is 17.1. The zero-order valence-corrected chi connectivity index (χ0v) is 15.7. The van der Waals surface area contributed by atoms with Gasteiger partial charge in [0.2, 0.25) is 0 Å². The van der Waals surface area contributed by atoms with Crippen LogP contribution in [0.25, 0.3) is 22.2 Å². The Morgan fingerprint density at radius 1 is 1.15 bits per heavy atom. The van der Waals surface area contributed by atoms with Crippen LogP contribution in [0.15, 0.2) is 21.1 Å². The van der Waals surface area contributed by atoms with Crippen LogP contribution in [0.3, 0.4) is 0 Å². The number of aryl methyl sites for hydroxylation is 2. The number of anilines is 1. The highest BCUT2D eigenvalue weighted by atomic mass is 16.5. The van der Waals surface area contributed by atoms with Gasteiger partial charge >= 0.3 is 0 Å². The van der Waals surface area contributed by atoms with E-state index in [2.05, 4.69) is 27.1 Å². The summed E-state index contributed by atoms with van der Waals surface area (Å²) in [5.41, 5.74) is 3.50. The van der Waals surface area contributed by atoms with E-state index in [1.807, 2.05) is 27.9 Å². The number of furan rings is 1. The van der Waals surface area contributed by atoms with Gasteiger partial charge in [-0.1, -0.05) is 5.16 Å². The van der Waals surface area contributed by atoms with Crippen molar-refractivity contribution < 1.29 is 13.7 Å². The van der Waals surface area contributed by atoms with Crippen molar-refractivity contribution in [3.63, 3.8) is 0 Å². The molecule has 7 nitrogen and oxygen atoms in total. The molecule has 0 aromatic carbocycles. The number of hydrogen-bond acceptors (Lipinski definition) is 7. The molecule has 7 heteroatoms. The van der Waals surface area contributed by atoms with Gasteiger partial charge in [0.25, 0.3) is 0 Å². The van der Waals surface area contributed by atoms with Crippen LogP contribution in [-0.2, 0) is 11.3 Å². The van der Waals surface area contributed by atoms with Crippen LogP contribution >= 0.6 is 0 Å². The lowest BCUT2D eigenvalue weighted by Crippen LogP contribution is -2.36. The normalized spacial score (nSPS) is 15.3. The third-order valence-electron chi connectivity index (χ3n) is 4.61. The molecule has 4 rings (SSSR count). The number of hydrogen-bond donors (Lipinski definition) is 0. The Bertz CT molecular complexity index is 903. The molecule has 138 valence electrons. The number of morpholine rings is 1. The van der Waals surface area contributed by atoms with Gasteiger partial charge in [-0.2, -0.15) is 0 Å². The van der Waals surface area contributed by atoms with Crippen molar-refractivity contribution in [2.75, 3.05) is 45.3 Å². The molecule has 0 aliphatic carbocycles. The summed E-state index contributed by atoms with van der Waals surface area (Å²) >= 11 is 0. The minimum Gasteiger partial charge on any atom is -0.456 e. The maximum absolute atomic E-state index is 6.17. The molecule has 0 atom stereocenters. The van der Waals surface area contributed by atoms with Crippen molar-refractivity contribution >= 4 is 16.8 Å². The van der Waals surface area contributed by atoms with Gasteiger partial charge in [-0.25, -0.2) is 4.98 Å². The minimum atomic E-state index is 0.698. The number of rotatable bonds is 4. The fourth-order valence-corrected chi connectivity index (χ4v) is 3.44. The highest BCUT2D eigenvalue weighted by Gasteiger charge is 2.22. The van der Waals surface area contributed by atoms with E-state index < -0.39 is 0 Å². The Morgan fingerprint density at radius 3 is 2.58 bits per heavy atom. The van der Waals surface area contributed by atoms with E-state index in [0.29, 0.717) is 13.2 Å². The molecule has 1 aliphatic rings. The third-order valence-corrected chi connectivity index (χ3v) is 4.61. The molecular weight excluding hydrogens is 332 g/mol. The van der Waals surface area contributed by atoms with E-state index >= 15 is 0 Å². The van der Waals surface area contributed by atoms with Crippen LogP contribution < -0.4 is 4.90 Å². The monoisotopic (exact) mass is 356 g/mol. The van der Waals surface area contributed by atoms with Crippen molar-refractivity contribution in [1.29, 1.82) is 0 Å². The zero-order chi connectivity index (χ0) is 18.3. The van der Waals surface area contributed by atoms with Crippen molar-refractivity contribution in [2.45, 2.75) is 20.4 Å². The molecule has 3 aromatic heterocycles. The van der Waals surface area contributed by atoms with Gasteiger partial charge in [-0.15, -0.1) is 0 Å². The van der Waals surface area contributed by atoms with Crippen LogP contribution in [0, 0.1) is 13.8 Å². The lowest BCUT2D eigenvalue weighted by molar-refractivity contribution is 0.122. The third kappa shape index (κ3) is 3.08. The molecular formula is C19H24N4O3. The Labute approximate surface area is 152 Å². The van der Waals surface area contributed by atoms with Gasteiger partial charge in [-0.3, -0.25) is 0 Å². The maximum Gasteiger partial charge on any atom is 0.176 e. The lowest BCUT2D eigenvalue weighted by atomic mass is 10.1. The fraction of sp³-hybridized carbons (Fsp3) is 0.474. The van der Waals surface area contributed by atoms with Crippen LogP contribution in [0.4, 0.5) is 5.82 Å². The van der Waals surface area contributed by atoms with E-state index in [0.717, 1.165) is 64.9 Å². The average Bonchev–Trinajstić information content (AvgIpc) is 3.16. The zero-order valence-electron chi connectivity index (χ0n) is 15.7. The van der Waals surface area contributed by atoms with Gasteiger partial charge < -0.3 is 23.5 Å². The second kappa shape index (κ2) is 6.74. The van der Waals surface area contributed by atoms with Gasteiger partial charge in [0.05, 0.1) is 36.7 Å². The summed E-state index contributed by atoms with van der Waals surface area (Å²) in [6, 6.07) is 4.16. The molecule has 3 aromatic rings. The summed E-state index contributed by atoms with van der Waals surface area (Å²) < 4.78 is 17.0. The Balaban J connectivity index is 1.88. The largest absolute Gasteiger partial charge is 0.456 e. The van der Waals surface area contributed by atoms with Crippen LogP contribution in [0.5, 0.6) is 0 Å². The molecule has 0 unspecified atom stereocenters. The number of aromatic nitrogens is 2. The lowest BCUT2D eigenvalue weighted by Gasteiger charge is -2.28. The number of nitrogens with zero attached hydrogens (tertiary/aromatic N) is 4. The van der Waals surface area contributed by atoms with Gasteiger partial charge in [0.15, 0.2) is 11.4 Å². The van der Waals surface area contributed by atoms with Crippen molar-refractivity contribution in [2.24, 2.45) is 0 Å². The van der Waals surface area contributed by atoms with Crippen LogP contribution in [-0.4, -0.2) is 55.4 Å². The number of pyridine rings is 1. The van der Waals surface area contributed by atoms with E-state index in [-0.39, 0.29) is 0 Å². The summed E-state index contributed by atoms with van der Waals surface area (Å²) in [6.07, 6.45) is 0. The predicted molar refractivity (Wildman–Crippen MR) is 99.4 cm³/mol. The Kier molecular flexibility index (Phi) is 4.42. The smallest absolute Gasteiger partial charge is 0.176 e. The molecule has 1 aliphatic heterocycles. The molecule has 0 saturated carbocycles. The fourth-order valence-electron chi connectivity index (χ4n) is 3.44. The van der Waals surface area contributed by atoms with Gasteiger partial charge in [-0.05, 0) is 40.1 Å². The molecule has 4 heterocycles. The number of ether oxygens (including phenoxy) is 1. The standard InChI is InChI=1S/C19H24N4O3/c1-12-17(13(2)26-21-12)16-10-14-9-15(11-22(3)4)25-18(14)19(20-16)23-5-7-24-8-6-23/h9-10H,5-8,11H2,1-4H3. The summed E-state index contributed by atoms with van der Waals surface area (Å²) in [5, 5.41) is 5.13. The first-order valence-electron chi connectivity index (χ1n) is 8.87. The highest BCUT2D eigenvalue weighted by molar-refractivity contribution is 5.91. The van der Waals surface area contributed by atoms with E-state index in [9.17, 15) is 0 Å². The Hall–Kier alpha value is -2.38. The van der Waals surface area contributed by atoms with E-state index in [1.54, 1.807) is 0 Å². The summed E-state index contributed by atoms with van der Waals surface area (Å²) in [5.74, 6) is 2.57. The summed E-state index contributed by atoms with van der Waals surface area (Å²) in [4.78, 5) is 9.27. The second-order valence-electron chi connectivity index (χ2n) is 7.00. The predicted octanol–water partition coefficient (Wildman–Crippen LogP) is 3.00. The van der Waals surface area contributed by atoms with Gasteiger partial charge in [0.1, 0.15) is 11.5 Å². The molecule has 0 radical (unpaired) electrons. The molecule has 0 amide bonds. The van der Waals surface area contributed by atoms with Crippen molar-refractivity contribution in [1.82, 2.24) is 15.0 Å². The highest BCUT2D eigenvalue weighted by Crippen LogP contribution is 2.35. The summed E-state index contributed by atoms with van der Waals surface area (Å²) in [7, 11) is 4.06. The maximum atomic E-state index is 6.17. The Morgan fingerprint density at radius 2 is 1.92 bits per heavy atom. The van der Waals surface area contributed by atoms with E-state index in [1.165, 1.54) is 0 Å². The molecule has 1 fully saturated rings. The van der Waals surface area contributed by atoms with E-state index in [4.69, 9.17) is 18.7 Å². The van der Waals surface area contributed by atoms with Crippen molar-refractivity contribution in [3.05, 3.63) is 29.3 Å². The van der Waals surface area contributed by atoms with Crippen molar-refractivity contribution in [3.8, 4) is 11.3 Å². The quantitative estimate of drug-likeness (QED) is 0.712. The SMILES string of the molecule is Cc1noc(C)c1-c1cc2cc(CN(C)C)oc2c(N2CCOCC2)n1. The van der Waals surface area contributed by atoms with Gasteiger partial charge in [0, 0.05) is 18.5 Å². The minimum absolute atomic E-state index is 0.698. The molecule has 0 bridgehead atoms. The van der Waals surface area contributed by atoms with Crippen LogP contribution in [0.1, 0.15) is 17.2 Å². The van der Waals surface area contributed by atoms with Crippen LogP contribution in [0.2, 0.25) is 0 Å². The second-order valence-corrected chi connectivity index (χ2v) is 7.00. The summed E-state index contributed by atoms with van der Waals surface area (Å²) in [6.45, 7) is 7.61. The molecule has 0 spiro atoms. The molecule has 0 N–H and O–H groups in total.